The first-order valence-electron chi connectivity index (χ1n) is 7.02. The van der Waals surface area contributed by atoms with Crippen molar-refractivity contribution in [3.05, 3.63) is 65.7 Å². The summed E-state index contributed by atoms with van der Waals surface area (Å²) in [5, 5.41) is 5.06. The maximum absolute atomic E-state index is 13.6. The molecule has 0 bridgehead atoms. The van der Waals surface area contributed by atoms with E-state index in [0.29, 0.717) is 6.07 Å². The highest BCUT2D eigenvalue weighted by atomic mass is 19.1. The van der Waals surface area contributed by atoms with Crippen LogP contribution in [-0.2, 0) is 9.59 Å². The van der Waals surface area contributed by atoms with Crippen molar-refractivity contribution in [1.29, 1.82) is 0 Å². The topological polar surface area (TPSA) is 58.2 Å². The molecule has 120 valence electrons. The number of hydrogen-bond donors (Lipinski definition) is 2. The fourth-order valence-electron chi connectivity index (χ4n) is 2.16. The zero-order chi connectivity index (χ0) is 16.8. The van der Waals surface area contributed by atoms with Gasteiger partial charge >= 0.3 is 0 Å². The number of carbonyl (C=O) groups excluding carboxylic acids is 2. The third-order valence-electron chi connectivity index (χ3n) is 3.17. The summed E-state index contributed by atoms with van der Waals surface area (Å²) in [6, 6.07) is 11.3. The molecule has 0 saturated carbocycles. The van der Waals surface area contributed by atoms with Crippen LogP contribution in [0.5, 0.6) is 0 Å². The molecule has 0 heterocycles. The predicted octanol–water partition coefficient (Wildman–Crippen LogP) is 3.17. The second kappa shape index (κ2) is 7.49. The Morgan fingerprint density at radius 1 is 1.09 bits per heavy atom. The molecule has 0 aromatic heterocycles. The van der Waals surface area contributed by atoms with E-state index in [4.69, 9.17) is 0 Å². The van der Waals surface area contributed by atoms with Crippen molar-refractivity contribution >= 4 is 17.5 Å². The third-order valence-corrected chi connectivity index (χ3v) is 3.17. The predicted molar refractivity (Wildman–Crippen MR) is 82.6 cm³/mol. The summed E-state index contributed by atoms with van der Waals surface area (Å²) in [6.07, 6.45) is -0.0690. The van der Waals surface area contributed by atoms with Crippen LogP contribution in [0.1, 0.15) is 24.9 Å². The van der Waals surface area contributed by atoms with Crippen LogP contribution in [0.3, 0.4) is 0 Å². The van der Waals surface area contributed by atoms with Gasteiger partial charge in [0, 0.05) is 13.0 Å². The maximum Gasteiger partial charge on any atom is 0.226 e. The number of nitrogens with one attached hydrogen (secondary N) is 2. The number of carbonyl (C=O) groups is 2. The molecule has 0 aliphatic heterocycles. The summed E-state index contributed by atoms with van der Waals surface area (Å²) in [6.45, 7) is 1.35. The van der Waals surface area contributed by atoms with E-state index in [1.165, 1.54) is 6.92 Å². The zero-order valence-corrected chi connectivity index (χ0v) is 12.5. The van der Waals surface area contributed by atoms with Crippen molar-refractivity contribution < 1.29 is 18.4 Å². The molecule has 2 N–H and O–H groups in total. The number of hydrogen-bond acceptors (Lipinski definition) is 2. The van der Waals surface area contributed by atoms with Crippen LogP contribution in [0.15, 0.2) is 48.5 Å². The summed E-state index contributed by atoms with van der Waals surface area (Å²) in [5.74, 6) is -2.34. The molecule has 2 amide bonds. The van der Waals surface area contributed by atoms with Crippen molar-refractivity contribution in [3.63, 3.8) is 0 Å². The molecular weight excluding hydrogens is 302 g/mol. The Kier molecular flexibility index (Phi) is 5.41. The van der Waals surface area contributed by atoms with Gasteiger partial charge in [0.25, 0.3) is 0 Å². The van der Waals surface area contributed by atoms with Crippen LogP contribution in [0.25, 0.3) is 0 Å². The Balaban J connectivity index is 2.09. The van der Waals surface area contributed by atoms with Crippen LogP contribution in [0.2, 0.25) is 0 Å². The molecule has 0 aliphatic rings. The van der Waals surface area contributed by atoms with Gasteiger partial charge in [0.05, 0.1) is 18.2 Å². The first-order chi connectivity index (χ1) is 11.0. The van der Waals surface area contributed by atoms with E-state index in [1.54, 1.807) is 24.3 Å². The van der Waals surface area contributed by atoms with Crippen molar-refractivity contribution in [2.24, 2.45) is 0 Å². The minimum atomic E-state index is -0.853. The minimum Gasteiger partial charge on any atom is -0.349 e. The van der Waals surface area contributed by atoms with E-state index in [2.05, 4.69) is 10.6 Å². The molecular formula is C17H16F2N2O2. The smallest absolute Gasteiger partial charge is 0.226 e. The average Bonchev–Trinajstić information content (AvgIpc) is 2.50. The van der Waals surface area contributed by atoms with Gasteiger partial charge in [-0.25, -0.2) is 8.78 Å². The highest BCUT2D eigenvalue weighted by Crippen LogP contribution is 2.19. The summed E-state index contributed by atoms with van der Waals surface area (Å²) < 4.78 is 26.4. The second-order valence-corrected chi connectivity index (χ2v) is 5.04. The van der Waals surface area contributed by atoms with Gasteiger partial charge in [-0.15, -0.1) is 0 Å². The monoisotopic (exact) mass is 318 g/mol. The van der Waals surface area contributed by atoms with Gasteiger partial charge < -0.3 is 10.6 Å². The Hall–Kier alpha value is -2.76. The van der Waals surface area contributed by atoms with Crippen molar-refractivity contribution in [2.75, 3.05) is 5.32 Å². The van der Waals surface area contributed by atoms with Gasteiger partial charge in [0.1, 0.15) is 11.6 Å². The van der Waals surface area contributed by atoms with Crippen LogP contribution >= 0.6 is 0 Å². The lowest BCUT2D eigenvalue weighted by Crippen LogP contribution is -2.29. The Morgan fingerprint density at radius 2 is 1.78 bits per heavy atom. The van der Waals surface area contributed by atoms with Gasteiger partial charge in [-0.2, -0.15) is 0 Å². The molecule has 4 nitrogen and oxygen atoms in total. The second-order valence-electron chi connectivity index (χ2n) is 5.04. The van der Waals surface area contributed by atoms with E-state index in [0.717, 1.165) is 17.7 Å². The molecule has 0 spiro atoms. The van der Waals surface area contributed by atoms with Crippen molar-refractivity contribution in [2.45, 2.75) is 19.4 Å². The highest BCUT2D eigenvalue weighted by molar-refractivity contribution is 5.91. The molecule has 0 radical (unpaired) electrons. The summed E-state index contributed by atoms with van der Waals surface area (Å²) in [4.78, 5) is 23.4. The lowest BCUT2D eigenvalue weighted by atomic mass is 10.0. The highest BCUT2D eigenvalue weighted by Gasteiger charge is 2.18. The number of halogens is 2. The van der Waals surface area contributed by atoms with E-state index >= 15 is 0 Å². The molecule has 1 unspecified atom stereocenters. The molecule has 0 saturated heterocycles. The molecule has 2 aromatic carbocycles. The van der Waals surface area contributed by atoms with Crippen LogP contribution < -0.4 is 10.6 Å². The fourth-order valence-corrected chi connectivity index (χ4v) is 2.16. The van der Waals surface area contributed by atoms with Crippen LogP contribution in [-0.4, -0.2) is 11.8 Å². The fraction of sp³-hybridized carbons (Fsp3) is 0.176. The van der Waals surface area contributed by atoms with Crippen LogP contribution in [0.4, 0.5) is 14.5 Å². The molecule has 2 rings (SSSR count). The normalized spacial score (nSPS) is 11.6. The summed E-state index contributed by atoms with van der Waals surface area (Å²) >= 11 is 0. The van der Waals surface area contributed by atoms with Crippen molar-refractivity contribution in [1.82, 2.24) is 5.32 Å². The van der Waals surface area contributed by atoms with Gasteiger partial charge in [0.2, 0.25) is 11.8 Å². The average molecular weight is 318 g/mol. The number of rotatable bonds is 5. The first-order valence-corrected chi connectivity index (χ1v) is 7.02. The SMILES string of the molecule is CC(=O)NC(CC(=O)Nc1ccc(F)cc1F)c1ccccc1. The van der Waals surface area contributed by atoms with E-state index in [9.17, 15) is 18.4 Å². The zero-order valence-electron chi connectivity index (χ0n) is 12.5. The van der Waals surface area contributed by atoms with E-state index in [1.807, 2.05) is 6.07 Å². The molecule has 1 atom stereocenters. The Morgan fingerprint density at radius 3 is 2.39 bits per heavy atom. The molecule has 2 aromatic rings. The minimum absolute atomic E-state index is 0.0690. The van der Waals surface area contributed by atoms with E-state index < -0.39 is 23.6 Å². The largest absolute Gasteiger partial charge is 0.349 e. The lowest BCUT2D eigenvalue weighted by molar-refractivity contribution is -0.120. The summed E-state index contributed by atoms with van der Waals surface area (Å²) in [5.41, 5.74) is 0.656. The van der Waals surface area contributed by atoms with Gasteiger partial charge in [-0.1, -0.05) is 30.3 Å². The third kappa shape index (κ3) is 4.88. The Labute approximate surface area is 132 Å². The van der Waals surface area contributed by atoms with Gasteiger partial charge in [-0.3, -0.25) is 9.59 Å². The number of benzene rings is 2. The lowest BCUT2D eigenvalue weighted by Gasteiger charge is -2.18. The standard InChI is InChI=1S/C17H16F2N2O2/c1-11(22)20-16(12-5-3-2-4-6-12)10-17(23)21-15-8-7-13(18)9-14(15)19/h2-9,16H,10H2,1H3,(H,20,22)(H,21,23). The molecule has 0 fully saturated rings. The summed E-state index contributed by atoms with van der Waals surface area (Å²) in [7, 11) is 0. The van der Waals surface area contributed by atoms with Gasteiger partial charge in [-0.05, 0) is 17.7 Å². The quantitative estimate of drug-likeness (QED) is 0.889. The van der Waals surface area contributed by atoms with Crippen LogP contribution in [0, 0.1) is 11.6 Å². The maximum atomic E-state index is 13.6. The van der Waals surface area contributed by atoms with Gasteiger partial charge in [0.15, 0.2) is 0 Å². The number of anilines is 1. The molecule has 23 heavy (non-hydrogen) atoms. The van der Waals surface area contributed by atoms with Crippen molar-refractivity contribution in [3.8, 4) is 0 Å². The number of amides is 2. The molecule has 6 heteroatoms. The first kappa shape index (κ1) is 16.6. The molecule has 0 aliphatic carbocycles. The Bertz CT molecular complexity index is 705. The van der Waals surface area contributed by atoms with E-state index in [-0.39, 0.29) is 18.0 Å².